The van der Waals surface area contributed by atoms with E-state index in [-0.39, 0.29) is 13.1 Å². The molecule has 112 valence electrons. The van der Waals surface area contributed by atoms with Gasteiger partial charge in [0.05, 0.1) is 6.10 Å². The quantitative estimate of drug-likeness (QED) is 0.744. The molecular formula is C15H15ClF2N2O. The number of aliphatic hydroxyl groups excluding tert-OH is 1. The number of aliphatic hydroxyl groups is 1. The predicted octanol–water partition coefficient (Wildman–Crippen LogP) is 3.02. The fraction of sp³-hybridized carbons (Fsp3) is 0.200. The largest absolute Gasteiger partial charge is 0.398 e. The second-order valence-electron chi connectivity index (χ2n) is 4.67. The van der Waals surface area contributed by atoms with Crippen LogP contribution in [0.4, 0.5) is 14.5 Å². The average Bonchev–Trinajstić information content (AvgIpc) is 2.37. The number of nitrogen functional groups attached to an aromatic ring is 1. The molecule has 0 saturated heterocycles. The summed E-state index contributed by atoms with van der Waals surface area (Å²) < 4.78 is 26.1. The van der Waals surface area contributed by atoms with Gasteiger partial charge in [-0.15, -0.1) is 0 Å². The van der Waals surface area contributed by atoms with E-state index in [1.807, 2.05) is 0 Å². The Kier molecular flexibility index (Phi) is 5.12. The summed E-state index contributed by atoms with van der Waals surface area (Å²) in [7, 11) is 0. The summed E-state index contributed by atoms with van der Waals surface area (Å²) in [5.41, 5.74) is 7.06. The maximum Gasteiger partial charge on any atom is 0.126 e. The second kappa shape index (κ2) is 6.85. The smallest absolute Gasteiger partial charge is 0.126 e. The van der Waals surface area contributed by atoms with E-state index in [2.05, 4.69) is 5.32 Å². The summed E-state index contributed by atoms with van der Waals surface area (Å²) in [6, 6.07) is 8.24. The van der Waals surface area contributed by atoms with Crippen LogP contribution in [0.1, 0.15) is 17.2 Å². The van der Waals surface area contributed by atoms with Crippen LogP contribution in [0.15, 0.2) is 36.4 Å². The lowest BCUT2D eigenvalue weighted by atomic mass is 10.1. The molecule has 0 aliphatic rings. The third kappa shape index (κ3) is 4.14. The highest BCUT2D eigenvalue weighted by Crippen LogP contribution is 2.28. The second-order valence-corrected chi connectivity index (χ2v) is 5.07. The van der Waals surface area contributed by atoms with Crippen LogP contribution in [0.25, 0.3) is 0 Å². The Morgan fingerprint density at radius 1 is 1.19 bits per heavy atom. The number of rotatable bonds is 5. The van der Waals surface area contributed by atoms with Gasteiger partial charge in [-0.2, -0.15) is 0 Å². The maximum absolute atomic E-state index is 13.0. The molecule has 0 aliphatic carbocycles. The Morgan fingerprint density at radius 2 is 1.86 bits per heavy atom. The normalized spacial score (nSPS) is 12.4. The molecule has 3 nitrogen and oxygen atoms in total. The minimum atomic E-state index is -0.905. The van der Waals surface area contributed by atoms with Crippen LogP contribution in [-0.2, 0) is 6.54 Å². The van der Waals surface area contributed by atoms with Gasteiger partial charge in [0.25, 0.3) is 0 Å². The highest BCUT2D eigenvalue weighted by Gasteiger charge is 2.14. The molecule has 1 atom stereocenters. The third-order valence-corrected chi connectivity index (χ3v) is 3.34. The first-order valence-corrected chi connectivity index (χ1v) is 6.73. The summed E-state index contributed by atoms with van der Waals surface area (Å²) >= 11 is 5.99. The number of nitrogens with one attached hydrogen (secondary N) is 1. The molecule has 0 heterocycles. The number of nitrogens with two attached hydrogens (primary N) is 1. The predicted molar refractivity (Wildman–Crippen MR) is 78.9 cm³/mol. The molecule has 0 aromatic heterocycles. The van der Waals surface area contributed by atoms with Crippen molar-refractivity contribution in [2.45, 2.75) is 12.6 Å². The number of benzene rings is 2. The van der Waals surface area contributed by atoms with Crippen LogP contribution >= 0.6 is 11.6 Å². The number of anilines is 1. The molecule has 0 saturated carbocycles. The summed E-state index contributed by atoms with van der Waals surface area (Å²) in [5.74, 6) is -1.27. The minimum absolute atomic E-state index is 0.159. The molecule has 6 heteroatoms. The van der Waals surface area contributed by atoms with Crippen molar-refractivity contribution in [1.29, 1.82) is 0 Å². The van der Waals surface area contributed by atoms with Crippen molar-refractivity contribution in [1.82, 2.24) is 5.32 Å². The molecule has 0 bridgehead atoms. The summed E-state index contributed by atoms with van der Waals surface area (Å²) in [5, 5.41) is 13.4. The highest BCUT2D eigenvalue weighted by atomic mass is 35.5. The van der Waals surface area contributed by atoms with Crippen molar-refractivity contribution < 1.29 is 13.9 Å². The molecule has 21 heavy (non-hydrogen) atoms. The van der Waals surface area contributed by atoms with Crippen LogP contribution < -0.4 is 11.1 Å². The Balaban J connectivity index is 1.97. The van der Waals surface area contributed by atoms with E-state index in [4.69, 9.17) is 17.3 Å². The highest BCUT2D eigenvalue weighted by molar-refractivity contribution is 6.31. The van der Waals surface area contributed by atoms with E-state index < -0.39 is 17.7 Å². The molecule has 4 N–H and O–H groups in total. The zero-order valence-electron chi connectivity index (χ0n) is 11.1. The summed E-state index contributed by atoms with van der Waals surface area (Å²) in [4.78, 5) is 0. The van der Waals surface area contributed by atoms with Crippen LogP contribution in [0, 0.1) is 11.6 Å². The van der Waals surface area contributed by atoms with Gasteiger partial charge < -0.3 is 16.2 Å². The van der Waals surface area contributed by atoms with Crippen molar-refractivity contribution in [2.24, 2.45) is 0 Å². The van der Waals surface area contributed by atoms with E-state index in [0.717, 1.165) is 6.07 Å². The Morgan fingerprint density at radius 3 is 2.48 bits per heavy atom. The van der Waals surface area contributed by atoms with E-state index in [1.165, 1.54) is 12.1 Å². The van der Waals surface area contributed by atoms with Crippen LogP contribution in [0.5, 0.6) is 0 Å². The van der Waals surface area contributed by atoms with Gasteiger partial charge in [-0.1, -0.05) is 17.7 Å². The number of halogens is 3. The van der Waals surface area contributed by atoms with Gasteiger partial charge in [0.1, 0.15) is 11.6 Å². The SMILES string of the molecule is Nc1cccc(Cl)c1C(O)CNCc1cc(F)cc(F)c1. The van der Waals surface area contributed by atoms with Crippen molar-refractivity contribution in [3.63, 3.8) is 0 Å². The van der Waals surface area contributed by atoms with Gasteiger partial charge in [0.15, 0.2) is 0 Å². The first-order valence-electron chi connectivity index (χ1n) is 6.35. The topological polar surface area (TPSA) is 58.3 Å². The van der Waals surface area contributed by atoms with Gasteiger partial charge in [0, 0.05) is 35.4 Å². The molecule has 2 rings (SSSR count). The van der Waals surface area contributed by atoms with Gasteiger partial charge in [-0.3, -0.25) is 0 Å². The number of hydrogen-bond donors (Lipinski definition) is 3. The van der Waals surface area contributed by atoms with E-state index >= 15 is 0 Å². The lowest BCUT2D eigenvalue weighted by molar-refractivity contribution is 0.175. The molecule has 0 aliphatic heterocycles. The first kappa shape index (κ1) is 15.7. The monoisotopic (exact) mass is 312 g/mol. The fourth-order valence-electron chi connectivity index (χ4n) is 2.07. The minimum Gasteiger partial charge on any atom is -0.398 e. The zero-order valence-corrected chi connectivity index (χ0v) is 11.9. The maximum atomic E-state index is 13.0. The van der Waals surface area contributed by atoms with E-state index in [9.17, 15) is 13.9 Å². The summed E-state index contributed by atoms with van der Waals surface area (Å²) in [6.45, 7) is 0.377. The molecule has 1 unspecified atom stereocenters. The van der Waals surface area contributed by atoms with Crippen LogP contribution in [-0.4, -0.2) is 11.7 Å². The first-order chi connectivity index (χ1) is 9.97. The van der Waals surface area contributed by atoms with Gasteiger partial charge in [0.2, 0.25) is 0 Å². The van der Waals surface area contributed by atoms with Crippen molar-refractivity contribution in [3.05, 3.63) is 64.2 Å². The zero-order chi connectivity index (χ0) is 15.4. The lowest BCUT2D eigenvalue weighted by Gasteiger charge is -2.16. The molecule has 2 aromatic carbocycles. The third-order valence-electron chi connectivity index (χ3n) is 3.01. The Hall–Kier alpha value is -1.69. The van der Waals surface area contributed by atoms with Crippen LogP contribution in [0.3, 0.4) is 0 Å². The summed E-state index contributed by atoms with van der Waals surface area (Å²) in [6.07, 6.45) is -0.905. The molecule has 0 radical (unpaired) electrons. The Bertz CT molecular complexity index is 597. The van der Waals surface area contributed by atoms with E-state index in [0.29, 0.717) is 21.8 Å². The molecule has 0 fully saturated rings. The standard InChI is InChI=1S/C15H15ClF2N2O/c16-12-2-1-3-13(19)15(12)14(21)8-20-7-9-4-10(17)6-11(18)5-9/h1-6,14,20-21H,7-8,19H2. The van der Waals surface area contributed by atoms with Gasteiger partial charge in [-0.25, -0.2) is 8.78 Å². The van der Waals surface area contributed by atoms with Crippen molar-refractivity contribution in [3.8, 4) is 0 Å². The Labute approximate surface area is 126 Å². The lowest BCUT2D eigenvalue weighted by Crippen LogP contribution is -2.22. The van der Waals surface area contributed by atoms with Crippen molar-refractivity contribution >= 4 is 17.3 Å². The fourth-order valence-corrected chi connectivity index (χ4v) is 2.38. The van der Waals surface area contributed by atoms with Gasteiger partial charge in [-0.05, 0) is 29.8 Å². The van der Waals surface area contributed by atoms with E-state index in [1.54, 1.807) is 18.2 Å². The molecule has 0 spiro atoms. The number of hydrogen-bond acceptors (Lipinski definition) is 3. The molecule has 2 aromatic rings. The van der Waals surface area contributed by atoms with Crippen molar-refractivity contribution in [2.75, 3.05) is 12.3 Å². The molecular weight excluding hydrogens is 298 g/mol. The van der Waals surface area contributed by atoms with Crippen LogP contribution in [0.2, 0.25) is 5.02 Å². The van der Waals surface area contributed by atoms with Gasteiger partial charge >= 0.3 is 0 Å². The molecule has 0 amide bonds. The average molecular weight is 313 g/mol.